The highest BCUT2D eigenvalue weighted by molar-refractivity contribution is 7.43. The van der Waals surface area contributed by atoms with E-state index in [9.17, 15) is 0 Å². The van der Waals surface area contributed by atoms with E-state index >= 15 is 0 Å². The van der Waals surface area contributed by atoms with Gasteiger partial charge in [-0.2, -0.15) is 0 Å². The monoisotopic (exact) mass is 930 g/mol. The van der Waals surface area contributed by atoms with Crippen molar-refractivity contribution in [3.63, 3.8) is 0 Å². The van der Waals surface area contributed by atoms with Gasteiger partial charge in [0.2, 0.25) is 0 Å². The molecular weight excluding hydrogens is 879 g/mol. The van der Waals surface area contributed by atoms with Crippen LogP contribution in [0.15, 0.2) is 170 Å². The van der Waals surface area contributed by atoms with E-state index in [-0.39, 0.29) is 0 Å². The average molecular weight is 931 g/mol. The van der Waals surface area contributed by atoms with Crippen LogP contribution in [0.25, 0.3) is 54.2 Å². The molecule has 8 heteroatoms. The molecule has 0 aliphatic heterocycles. The Bertz CT molecular complexity index is 3310. The quantitative estimate of drug-likeness (QED) is 0.107. The zero-order chi connectivity index (χ0) is 47.1. The predicted octanol–water partition coefficient (Wildman–Crippen LogP) is 18.0. The fourth-order valence-electron chi connectivity index (χ4n) is 8.87. The molecule has 0 saturated carbocycles. The lowest BCUT2D eigenvalue weighted by molar-refractivity contribution is 0.385. The van der Waals surface area contributed by atoms with Crippen molar-refractivity contribution in [1.82, 2.24) is 0 Å². The van der Waals surface area contributed by atoms with E-state index in [2.05, 4.69) is 175 Å². The minimum Gasteiger partial charge on any atom is -0.408 e. The minimum atomic E-state index is -2.14. The van der Waals surface area contributed by atoms with Crippen LogP contribution in [0.4, 0.5) is 0 Å². The van der Waals surface area contributed by atoms with Gasteiger partial charge in [0.25, 0.3) is 0 Å². The van der Waals surface area contributed by atoms with Crippen molar-refractivity contribution in [2.75, 3.05) is 0 Å². The zero-order valence-corrected chi connectivity index (χ0v) is 41.3. The van der Waals surface area contributed by atoms with Crippen LogP contribution < -0.4 is 27.1 Å². The van der Waals surface area contributed by atoms with Gasteiger partial charge in [-0.1, -0.05) is 133 Å². The molecule has 2 atom stereocenters. The van der Waals surface area contributed by atoms with Crippen LogP contribution in [0.1, 0.15) is 44.5 Å². The molecule has 0 radical (unpaired) electrons. The van der Waals surface area contributed by atoms with Gasteiger partial charge in [-0.05, 0) is 169 Å². The Morgan fingerprint density at radius 1 is 0.265 bits per heavy atom. The summed E-state index contributed by atoms with van der Waals surface area (Å²) in [5.74, 6) is 3.94. The molecule has 0 aromatic heterocycles. The molecule has 68 heavy (non-hydrogen) atoms. The van der Waals surface area contributed by atoms with E-state index in [0.29, 0.717) is 34.5 Å². The van der Waals surface area contributed by atoms with Crippen LogP contribution in [0.5, 0.6) is 34.5 Å². The average Bonchev–Trinajstić information content (AvgIpc) is 3.34. The number of hydrogen-bond donors (Lipinski definition) is 0. The molecule has 0 spiro atoms. The zero-order valence-electron chi connectivity index (χ0n) is 39.5. The number of aryl methyl sites for hydroxylation is 8. The topological polar surface area (TPSA) is 55.4 Å². The predicted molar refractivity (Wildman–Crippen MR) is 283 cm³/mol. The Balaban J connectivity index is 1.18. The van der Waals surface area contributed by atoms with E-state index in [1.54, 1.807) is 0 Å². The first kappa shape index (κ1) is 44.7. The van der Waals surface area contributed by atoms with Crippen LogP contribution in [0.2, 0.25) is 0 Å². The van der Waals surface area contributed by atoms with Crippen molar-refractivity contribution in [1.29, 1.82) is 0 Å². The van der Waals surface area contributed by atoms with E-state index in [4.69, 9.17) is 27.1 Å². The van der Waals surface area contributed by atoms with Gasteiger partial charge in [-0.25, -0.2) is 0 Å². The molecule has 10 aromatic carbocycles. The standard InChI is InChI=1S/C60H52O6P2/c1-37-25-27-41(5)55(33-37)63-67(61-53-31-29-39(3)47-19-13-15-23-51(47)53)65-59-43(7)35-45-17-9-11-21-49(45)57(59)58-50-22-12-10-18-46(50)36-44(8)60(58)66-68(64-56-34-38(2)26-28-42(56)6)62-54-32-30-40(4)48-20-14-16-24-52(48)54/h9-36H,1-8H3. The summed E-state index contributed by atoms with van der Waals surface area (Å²) in [7, 11) is -4.27. The number of rotatable bonds is 13. The van der Waals surface area contributed by atoms with Gasteiger partial charge in [0.1, 0.15) is 34.5 Å². The van der Waals surface area contributed by atoms with Gasteiger partial charge in [0.05, 0.1) is 0 Å². The molecule has 10 aromatic rings. The summed E-state index contributed by atoms with van der Waals surface area (Å²) in [6, 6.07) is 58.3. The lowest BCUT2D eigenvalue weighted by Crippen LogP contribution is -2.07. The van der Waals surface area contributed by atoms with Gasteiger partial charge in [0, 0.05) is 21.9 Å². The van der Waals surface area contributed by atoms with Gasteiger partial charge >= 0.3 is 17.2 Å². The van der Waals surface area contributed by atoms with E-state index in [0.717, 1.165) is 98.7 Å². The molecule has 338 valence electrons. The lowest BCUT2D eigenvalue weighted by atomic mass is 9.89. The van der Waals surface area contributed by atoms with Crippen LogP contribution in [0.3, 0.4) is 0 Å². The number of hydrogen-bond acceptors (Lipinski definition) is 6. The first-order valence-electron chi connectivity index (χ1n) is 22.8. The van der Waals surface area contributed by atoms with Gasteiger partial charge in [0.15, 0.2) is 0 Å². The summed E-state index contributed by atoms with van der Waals surface area (Å²) in [6.45, 7) is 16.6. The number of fused-ring (bicyclic) bond motifs is 4. The molecule has 6 nitrogen and oxygen atoms in total. The van der Waals surface area contributed by atoms with Gasteiger partial charge in [-0.15, -0.1) is 0 Å². The molecule has 0 aliphatic rings. The molecule has 0 saturated heterocycles. The first-order chi connectivity index (χ1) is 33.0. The molecule has 0 amide bonds. The highest BCUT2D eigenvalue weighted by Crippen LogP contribution is 2.56. The normalized spacial score (nSPS) is 12.3. The molecule has 0 aliphatic carbocycles. The summed E-state index contributed by atoms with van der Waals surface area (Å²) in [5, 5.41) is 8.19. The van der Waals surface area contributed by atoms with Crippen molar-refractivity contribution >= 4 is 60.3 Å². The largest absolute Gasteiger partial charge is 0.530 e. The second-order valence-electron chi connectivity index (χ2n) is 17.6. The summed E-state index contributed by atoms with van der Waals surface area (Å²) in [6.07, 6.45) is 0. The molecule has 0 N–H and O–H groups in total. The SMILES string of the molecule is Cc1ccc(C)c(OP(Oc2c(C)cc3ccccc3c2-c2c(OP(Oc3cc(C)ccc3C)Oc3ccc(C)c4ccccc34)c(C)cc3ccccc23)Oc2ccc(C)c3ccccc23)c1. The third kappa shape index (κ3) is 8.91. The highest BCUT2D eigenvalue weighted by Gasteiger charge is 2.31. The van der Waals surface area contributed by atoms with Crippen molar-refractivity contribution in [2.24, 2.45) is 0 Å². The Morgan fingerprint density at radius 3 is 1.01 bits per heavy atom. The fourth-order valence-corrected chi connectivity index (χ4v) is 11.2. The van der Waals surface area contributed by atoms with E-state index < -0.39 is 17.2 Å². The van der Waals surface area contributed by atoms with Gasteiger partial charge < -0.3 is 27.1 Å². The van der Waals surface area contributed by atoms with Crippen molar-refractivity contribution in [2.45, 2.75) is 55.4 Å². The van der Waals surface area contributed by atoms with Crippen molar-refractivity contribution in [3.05, 3.63) is 214 Å². The second-order valence-corrected chi connectivity index (χ2v) is 19.6. The molecule has 2 unspecified atom stereocenters. The third-order valence-electron chi connectivity index (χ3n) is 12.5. The van der Waals surface area contributed by atoms with Crippen LogP contribution in [-0.2, 0) is 0 Å². The van der Waals surface area contributed by atoms with Crippen LogP contribution in [-0.4, -0.2) is 0 Å². The Hall–Kier alpha value is -7.10. The van der Waals surface area contributed by atoms with Crippen LogP contribution in [0, 0.1) is 55.4 Å². The fraction of sp³-hybridized carbons (Fsp3) is 0.133. The first-order valence-corrected chi connectivity index (χ1v) is 25.0. The Labute approximate surface area is 401 Å². The van der Waals surface area contributed by atoms with Gasteiger partial charge in [-0.3, -0.25) is 0 Å². The molecule has 0 heterocycles. The molecule has 0 bridgehead atoms. The second kappa shape index (κ2) is 18.9. The maximum Gasteiger partial charge on any atom is 0.530 e. The maximum absolute atomic E-state index is 7.36. The van der Waals surface area contributed by atoms with Crippen LogP contribution >= 0.6 is 17.2 Å². The van der Waals surface area contributed by atoms with Crippen molar-refractivity contribution < 1.29 is 27.1 Å². The summed E-state index contributed by atoms with van der Waals surface area (Å²) < 4.78 is 42.6. The third-order valence-corrected chi connectivity index (χ3v) is 14.6. The maximum atomic E-state index is 7.36. The lowest BCUT2D eigenvalue weighted by Gasteiger charge is -2.26. The summed E-state index contributed by atoms with van der Waals surface area (Å²) in [5.41, 5.74) is 9.87. The van der Waals surface area contributed by atoms with Crippen molar-refractivity contribution in [3.8, 4) is 45.6 Å². The number of benzene rings is 10. The Kier molecular flexibility index (Phi) is 12.4. The summed E-state index contributed by atoms with van der Waals surface area (Å²) in [4.78, 5) is 0. The Morgan fingerprint density at radius 2 is 0.603 bits per heavy atom. The molecular formula is C60H52O6P2. The molecule has 0 fully saturated rings. The minimum absolute atomic E-state index is 0.613. The van der Waals surface area contributed by atoms with E-state index in [1.807, 2.05) is 50.2 Å². The highest BCUT2D eigenvalue weighted by atomic mass is 31.2. The molecule has 10 rings (SSSR count). The smallest absolute Gasteiger partial charge is 0.408 e. The summed E-state index contributed by atoms with van der Waals surface area (Å²) >= 11 is 0. The van der Waals surface area contributed by atoms with E-state index in [1.165, 1.54) is 0 Å².